The predicted molar refractivity (Wildman–Crippen MR) is 98.1 cm³/mol. The molecular weight excluding hydrogens is 316 g/mol. The van der Waals surface area contributed by atoms with E-state index in [0.29, 0.717) is 22.8 Å². The zero-order valence-corrected chi connectivity index (χ0v) is 13.8. The Morgan fingerprint density at radius 2 is 1.84 bits per heavy atom. The first-order valence-corrected chi connectivity index (χ1v) is 7.81. The maximum Gasteiger partial charge on any atom is 0.335 e. The summed E-state index contributed by atoms with van der Waals surface area (Å²) in [6.07, 6.45) is 0.609. The van der Waals surface area contributed by atoms with Gasteiger partial charge in [0.1, 0.15) is 0 Å². The average Bonchev–Trinajstić information content (AvgIpc) is 2.62. The van der Waals surface area contributed by atoms with Crippen molar-refractivity contribution in [3.8, 4) is 11.5 Å². The first-order chi connectivity index (χ1) is 12.0. The maximum absolute atomic E-state index is 11.4. The first-order valence-electron chi connectivity index (χ1n) is 7.81. The number of hydrogen-bond donors (Lipinski definition) is 2. The molecule has 0 atom stereocenters. The molecule has 4 heteroatoms. The van der Waals surface area contributed by atoms with E-state index < -0.39 is 5.97 Å². The second kappa shape index (κ2) is 6.69. The largest absolute Gasteiger partial charge is 0.504 e. The Labute approximate surface area is 145 Å². The number of aromatic hydroxyl groups is 1. The molecule has 25 heavy (non-hydrogen) atoms. The van der Waals surface area contributed by atoms with Gasteiger partial charge >= 0.3 is 5.97 Å². The van der Waals surface area contributed by atoms with Crippen molar-refractivity contribution in [2.75, 3.05) is 7.11 Å². The molecule has 0 saturated heterocycles. The third-order valence-electron chi connectivity index (χ3n) is 4.23. The molecule has 0 aromatic heterocycles. The van der Waals surface area contributed by atoms with Crippen LogP contribution in [-0.4, -0.2) is 23.3 Å². The monoisotopic (exact) mass is 334 g/mol. The number of benzene rings is 3. The smallest absolute Gasteiger partial charge is 0.335 e. The molecule has 0 aliphatic carbocycles. The summed E-state index contributed by atoms with van der Waals surface area (Å²) >= 11 is 0. The van der Waals surface area contributed by atoms with Crippen molar-refractivity contribution in [3.63, 3.8) is 0 Å². The molecule has 3 aromatic rings. The lowest BCUT2D eigenvalue weighted by Gasteiger charge is -2.15. The van der Waals surface area contributed by atoms with E-state index in [2.05, 4.69) is 6.58 Å². The Morgan fingerprint density at radius 1 is 1.12 bits per heavy atom. The highest BCUT2D eigenvalue weighted by Crippen LogP contribution is 2.41. The standard InChI is InChI=1S/C21H18O4/c1-13(21(23)24)17-12-18(25-2)20(22)19-15(9-6-10-16(17)19)11-14-7-4-3-5-8-14/h3-10,12,22H,1,11H2,2H3,(H,23,24). The molecule has 4 nitrogen and oxygen atoms in total. The van der Waals surface area contributed by atoms with Crippen molar-refractivity contribution in [1.82, 2.24) is 0 Å². The molecule has 0 aliphatic heterocycles. The lowest BCUT2D eigenvalue weighted by molar-refractivity contribution is -0.130. The van der Waals surface area contributed by atoms with Gasteiger partial charge in [0.25, 0.3) is 0 Å². The van der Waals surface area contributed by atoms with Gasteiger partial charge < -0.3 is 14.9 Å². The zero-order chi connectivity index (χ0) is 18.0. The quantitative estimate of drug-likeness (QED) is 0.685. The summed E-state index contributed by atoms with van der Waals surface area (Å²) in [5.41, 5.74) is 2.38. The number of methoxy groups -OCH3 is 1. The fraction of sp³-hybridized carbons (Fsp3) is 0.0952. The maximum atomic E-state index is 11.4. The van der Waals surface area contributed by atoms with Crippen LogP contribution in [0.2, 0.25) is 0 Å². The van der Waals surface area contributed by atoms with E-state index >= 15 is 0 Å². The normalized spacial score (nSPS) is 10.6. The van der Waals surface area contributed by atoms with Crippen LogP contribution < -0.4 is 4.74 Å². The molecule has 0 fully saturated rings. The van der Waals surface area contributed by atoms with E-state index in [0.717, 1.165) is 11.1 Å². The third-order valence-corrected chi connectivity index (χ3v) is 4.23. The van der Waals surface area contributed by atoms with Gasteiger partial charge in [0, 0.05) is 10.9 Å². The predicted octanol–water partition coefficient (Wildman–Crippen LogP) is 4.24. The summed E-state index contributed by atoms with van der Waals surface area (Å²) in [6, 6.07) is 16.9. The van der Waals surface area contributed by atoms with Crippen molar-refractivity contribution in [1.29, 1.82) is 0 Å². The van der Waals surface area contributed by atoms with E-state index in [9.17, 15) is 15.0 Å². The molecule has 0 radical (unpaired) electrons. The summed E-state index contributed by atoms with van der Waals surface area (Å²) in [4.78, 5) is 11.4. The van der Waals surface area contributed by atoms with Crippen molar-refractivity contribution >= 4 is 22.3 Å². The van der Waals surface area contributed by atoms with E-state index in [1.165, 1.54) is 13.2 Å². The Morgan fingerprint density at radius 3 is 2.48 bits per heavy atom. The number of rotatable bonds is 5. The number of phenols is 1. The summed E-state index contributed by atoms with van der Waals surface area (Å²) < 4.78 is 5.24. The minimum absolute atomic E-state index is 0.00553. The molecule has 0 spiro atoms. The van der Waals surface area contributed by atoms with Gasteiger partial charge in [-0.05, 0) is 29.0 Å². The van der Waals surface area contributed by atoms with Crippen LogP contribution in [0, 0.1) is 0 Å². The number of carboxylic acid groups (broad SMARTS) is 1. The third kappa shape index (κ3) is 3.06. The van der Waals surface area contributed by atoms with E-state index in [-0.39, 0.29) is 17.1 Å². The lowest BCUT2D eigenvalue weighted by Crippen LogP contribution is -2.01. The Balaban J connectivity index is 2.28. The minimum atomic E-state index is -1.11. The van der Waals surface area contributed by atoms with Crippen LogP contribution in [0.3, 0.4) is 0 Å². The Hall–Kier alpha value is -3.27. The second-order valence-electron chi connectivity index (χ2n) is 5.76. The number of fused-ring (bicyclic) bond motifs is 1. The summed E-state index contributed by atoms with van der Waals surface area (Å²) in [5, 5.41) is 21.2. The van der Waals surface area contributed by atoms with Crippen molar-refractivity contribution in [2.24, 2.45) is 0 Å². The number of carbonyl (C=O) groups is 1. The summed E-state index contributed by atoms with van der Waals surface area (Å²) in [5.74, 6) is -0.876. The fourth-order valence-electron chi connectivity index (χ4n) is 2.99. The molecule has 126 valence electrons. The van der Waals surface area contributed by atoms with Gasteiger partial charge in [0.15, 0.2) is 11.5 Å². The number of carboxylic acids is 1. The lowest BCUT2D eigenvalue weighted by atomic mass is 9.92. The first kappa shape index (κ1) is 16.6. The molecule has 0 bridgehead atoms. The molecule has 3 rings (SSSR count). The second-order valence-corrected chi connectivity index (χ2v) is 5.76. The van der Waals surface area contributed by atoms with E-state index in [1.807, 2.05) is 42.5 Å². The highest BCUT2D eigenvalue weighted by molar-refractivity contribution is 6.19. The van der Waals surface area contributed by atoms with Gasteiger partial charge in [-0.15, -0.1) is 0 Å². The van der Waals surface area contributed by atoms with Gasteiger partial charge in [0.05, 0.1) is 12.7 Å². The molecule has 0 amide bonds. The highest BCUT2D eigenvalue weighted by Gasteiger charge is 2.19. The van der Waals surface area contributed by atoms with Crippen molar-refractivity contribution in [2.45, 2.75) is 6.42 Å². The molecular formula is C21H18O4. The number of ether oxygens (including phenoxy) is 1. The molecule has 0 saturated carbocycles. The molecule has 3 aromatic carbocycles. The molecule has 0 heterocycles. The summed E-state index contributed by atoms with van der Waals surface area (Å²) in [7, 11) is 1.44. The Kier molecular flexibility index (Phi) is 4.44. The van der Waals surface area contributed by atoms with Crippen LogP contribution in [0.4, 0.5) is 0 Å². The van der Waals surface area contributed by atoms with Crippen LogP contribution in [0.25, 0.3) is 16.3 Å². The van der Waals surface area contributed by atoms with Gasteiger partial charge in [0.2, 0.25) is 0 Å². The topological polar surface area (TPSA) is 66.8 Å². The highest BCUT2D eigenvalue weighted by atomic mass is 16.5. The zero-order valence-electron chi connectivity index (χ0n) is 13.8. The van der Waals surface area contributed by atoms with Gasteiger partial charge in [-0.3, -0.25) is 0 Å². The van der Waals surface area contributed by atoms with Gasteiger partial charge in [-0.1, -0.05) is 55.1 Å². The van der Waals surface area contributed by atoms with Crippen molar-refractivity contribution in [3.05, 3.63) is 77.9 Å². The van der Waals surface area contributed by atoms with Gasteiger partial charge in [-0.2, -0.15) is 0 Å². The van der Waals surface area contributed by atoms with Crippen LogP contribution in [0.15, 0.2) is 61.2 Å². The fourth-order valence-corrected chi connectivity index (χ4v) is 2.99. The van der Waals surface area contributed by atoms with Crippen LogP contribution in [0.1, 0.15) is 16.7 Å². The number of hydrogen-bond acceptors (Lipinski definition) is 3. The number of phenolic OH excluding ortho intramolecular Hbond substituents is 1. The average molecular weight is 334 g/mol. The molecule has 0 aliphatic rings. The number of aliphatic carboxylic acids is 1. The SMILES string of the molecule is C=C(C(=O)O)c1cc(OC)c(O)c2c(Cc3ccccc3)cccc12. The minimum Gasteiger partial charge on any atom is -0.504 e. The summed E-state index contributed by atoms with van der Waals surface area (Å²) in [6.45, 7) is 3.66. The van der Waals surface area contributed by atoms with E-state index in [1.54, 1.807) is 6.07 Å². The molecule has 2 N–H and O–H groups in total. The van der Waals surface area contributed by atoms with E-state index in [4.69, 9.17) is 4.74 Å². The van der Waals surface area contributed by atoms with Crippen LogP contribution in [0.5, 0.6) is 11.5 Å². The molecule has 0 unspecified atom stereocenters. The Bertz CT molecular complexity index is 959. The van der Waals surface area contributed by atoms with Gasteiger partial charge in [-0.25, -0.2) is 4.79 Å². The van der Waals surface area contributed by atoms with Crippen LogP contribution >= 0.6 is 0 Å². The van der Waals surface area contributed by atoms with Crippen molar-refractivity contribution < 1.29 is 19.7 Å². The van der Waals surface area contributed by atoms with Crippen LogP contribution in [-0.2, 0) is 11.2 Å².